The number of nitro groups is 1. The first-order chi connectivity index (χ1) is 7.47. The molecule has 0 aliphatic carbocycles. The summed E-state index contributed by atoms with van der Waals surface area (Å²) in [5, 5.41) is 10.5. The van der Waals surface area contributed by atoms with Gasteiger partial charge in [0.15, 0.2) is 0 Å². The number of carbonyl (C=O) groups excluding carboxylic acids is 1. The standard InChI is InChI=1S/C9H7BrFNO4/c1-2-16-9(13)6-3-5(12(14)15)4-7(11)8(6)10/h3-4H,2H2,1H3. The van der Waals surface area contributed by atoms with Crippen molar-refractivity contribution in [2.75, 3.05) is 6.61 Å². The Balaban J connectivity index is 3.26. The Bertz CT molecular complexity index is 449. The highest BCUT2D eigenvalue weighted by Gasteiger charge is 2.20. The summed E-state index contributed by atoms with van der Waals surface area (Å²) >= 11 is 2.84. The fraction of sp³-hybridized carbons (Fsp3) is 0.222. The molecule has 0 saturated carbocycles. The summed E-state index contributed by atoms with van der Waals surface area (Å²) in [6.07, 6.45) is 0. The van der Waals surface area contributed by atoms with Crippen LogP contribution in [0.15, 0.2) is 16.6 Å². The van der Waals surface area contributed by atoms with E-state index in [9.17, 15) is 19.3 Å². The van der Waals surface area contributed by atoms with Gasteiger partial charge < -0.3 is 4.74 Å². The highest BCUT2D eigenvalue weighted by molar-refractivity contribution is 9.10. The molecule has 0 aliphatic rings. The van der Waals surface area contributed by atoms with E-state index in [0.717, 1.165) is 12.1 Å². The summed E-state index contributed by atoms with van der Waals surface area (Å²) < 4.78 is 17.7. The quantitative estimate of drug-likeness (QED) is 0.488. The fourth-order valence-corrected chi connectivity index (χ4v) is 1.43. The van der Waals surface area contributed by atoms with Crippen molar-refractivity contribution in [3.05, 3.63) is 38.1 Å². The average Bonchev–Trinajstić information content (AvgIpc) is 2.21. The van der Waals surface area contributed by atoms with Gasteiger partial charge >= 0.3 is 5.97 Å². The number of ether oxygens (including phenoxy) is 1. The van der Waals surface area contributed by atoms with Gasteiger partial charge in [0.25, 0.3) is 5.69 Å². The molecular formula is C9H7BrFNO4. The molecule has 1 aromatic rings. The molecule has 0 spiro atoms. The molecule has 0 aromatic heterocycles. The van der Waals surface area contributed by atoms with Crippen LogP contribution in [-0.2, 0) is 4.74 Å². The largest absolute Gasteiger partial charge is 0.462 e. The normalized spacial score (nSPS) is 9.94. The number of esters is 1. The van der Waals surface area contributed by atoms with Gasteiger partial charge in [-0.05, 0) is 22.9 Å². The Morgan fingerprint density at radius 3 is 2.75 bits per heavy atom. The van der Waals surface area contributed by atoms with E-state index in [2.05, 4.69) is 20.7 Å². The number of benzene rings is 1. The second kappa shape index (κ2) is 5.02. The van der Waals surface area contributed by atoms with E-state index in [1.807, 2.05) is 0 Å². The first-order valence-electron chi connectivity index (χ1n) is 4.28. The van der Waals surface area contributed by atoms with E-state index in [-0.39, 0.29) is 16.6 Å². The van der Waals surface area contributed by atoms with Crippen molar-refractivity contribution in [3.63, 3.8) is 0 Å². The van der Waals surface area contributed by atoms with Crippen LogP contribution in [0, 0.1) is 15.9 Å². The van der Waals surface area contributed by atoms with Crippen molar-refractivity contribution >= 4 is 27.6 Å². The summed E-state index contributed by atoms with van der Waals surface area (Å²) in [5.41, 5.74) is -0.697. The Hall–Kier alpha value is -1.50. The SMILES string of the molecule is CCOC(=O)c1cc([N+](=O)[O-])cc(F)c1Br. The molecule has 5 nitrogen and oxygen atoms in total. The van der Waals surface area contributed by atoms with Crippen LogP contribution in [0.1, 0.15) is 17.3 Å². The Morgan fingerprint density at radius 1 is 1.62 bits per heavy atom. The van der Waals surface area contributed by atoms with Crippen LogP contribution >= 0.6 is 15.9 Å². The highest BCUT2D eigenvalue weighted by atomic mass is 79.9. The van der Waals surface area contributed by atoms with Crippen LogP contribution in [0.25, 0.3) is 0 Å². The van der Waals surface area contributed by atoms with E-state index >= 15 is 0 Å². The fourth-order valence-electron chi connectivity index (χ4n) is 1.04. The molecule has 0 N–H and O–H groups in total. The first kappa shape index (κ1) is 12.6. The molecule has 0 amide bonds. The third-order valence-corrected chi connectivity index (χ3v) is 2.53. The summed E-state index contributed by atoms with van der Waals surface area (Å²) in [6.45, 7) is 1.69. The predicted molar refractivity (Wildman–Crippen MR) is 56.7 cm³/mol. The molecule has 0 saturated heterocycles. The van der Waals surface area contributed by atoms with Gasteiger partial charge in [-0.3, -0.25) is 10.1 Å². The van der Waals surface area contributed by atoms with Crippen molar-refractivity contribution in [1.82, 2.24) is 0 Å². The Morgan fingerprint density at radius 2 is 2.25 bits per heavy atom. The molecule has 0 aliphatic heterocycles. The van der Waals surface area contributed by atoms with Crippen molar-refractivity contribution in [2.45, 2.75) is 6.92 Å². The van der Waals surface area contributed by atoms with Gasteiger partial charge in [-0.15, -0.1) is 0 Å². The van der Waals surface area contributed by atoms with Crippen molar-refractivity contribution in [3.8, 4) is 0 Å². The minimum absolute atomic E-state index is 0.107. The molecule has 0 radical (unpaired) electrons. The number of halogens is 2. The van der Waals surface area contributed by atoms with Crippen LogP contribution in [0.2, 0.25) is 0 Å². The van der Waals surface area contributed by atoms with Crippen molar-refractivity contribution < 1.29 is 18.8 Å². The maximum absolute atomic E-state index is 13.2. The lowest BCUT2D eigenvalue weighted by molar-refractivity contribution is -0.385. The third kappa shape index (κ3) is 2.54. The summed E-state index contributed by atoms with van der Waals surface area (Å²) in [4.78, 5) is 21.0. The molecule has 7 heteroatoms. The molecule has 1 aromatic carbocycles. The number of rotatable bonds is 3. The van der Waals surface area contributed by atoms with E-state index in [4.69, 9.17) is 0 Å². The second-order valence-corrected chi connectivity index (χ2v) is 3.56. The van der Waals surface area contributed by atoms with E-state index in [0.29, 0.717) is 0 Å². The number of hydrogen-bond acceptors (Lipinski definition) is 4. The number of non-ortho nitro benzene ring substituents is 1. The van der Waals surface area contributed by atoms with E-state index in [1.165, 1.54) is 0 Å². The van der Waals surface area contributed by atoms with Gasteiger partial charge in [0.2, 0.25) is 0 Å². The van der Waals surface area contributed by atoms with Crippen LogP contribution < -0.4 is 0 Å². The van der Waals surface area contributed by atoms with Crippen LogP contribution in [0.3, 0.4) is 0 Å². The molecule has 86 valence electrons. The van der Waals surface area contributed by atoms with Crippen LogP contribution in [-0.4, -0.2) is 17.5 Å². The molecule has 0 heterocycles. The monoisotopic (exact) mass is 291 g/mol. The summed E-state index contributed by atoms with van der Waals surface area (Å²) in [5.74, 6) is -1.69. The summed E-state index contributed by atoms with van der Waals surface area (Å²) in [7, 11) is 0. The molecule has 1 rings (SSSR count). The molecule has 0 bridgehead atoms. The zero-order chi connectivity index (χ0) is 12.3. The lowest BCUT2D eigenvalue weighted by atomic mass is 10.2. The molecule has 0 atom stereocenters. The van der Waals surface area contributed by atoms with Crippen LogP contribution in [0.5, 0.6) is 0 Å². The topological polar surface area (TPSA) is 69.4 Å². The number of carbonyl (C=O) groups is 1. The minimum Gasteiger partial charge on any atom is -0.462 e. The van der Waals surface area contributed by atoms with Gasteiger partial charge in [-0.2, -0.15) is 0 Å². The molecular weight excluding hydrogens is 285 g/mol. The third-order valence-electron chi connectivity index (χ3n) is 1.72. The molecule has 0 fully saturated rings. The Kier molecular flexibility index (Phi) is 3.94. The highest BCUT2D eigenvalue weighted by Crippen LogP contribution is 2.26. The van der Waals surface area contributed by atoms with Gasteiger partial charge in [0, 0.05) is 6.07 Å². The Labute approximate surface area is 98.5 Å². The van der Waals surface area contributed by atoms with E-state index in [1.54, 1.807) is 6.92 Å². The minimum atomic E-state index is -0.878. The maximum Gasteiger partial charge on any atom is 0.339 e. The molecule has 16 heavy (non-hydrogen) atoms. The average molecular weight is 292 g/mol. The smallest absolute Gasteiger partial charge is 0.339 e. The van der Waals surface area contributed by atoms with Gasteiger partial charge in [-0.1, -0.05) is 0 Å². The zero-order valence-corrected chi connectivity index (χ0v) is 9.78. The van der Waals surface area contributed by atoms with Gasteiger partial charge in [0.1, 0.15) is 5.82 Å². The first-order valence-corrected chi connectivity index (χ1v) is 5.07. The van der Waals surface area contributed by atoms with Crippen LogP contribution in [0.4, 0.5) is 10.1 Å². The second-order valence-electron chi connectivity index (χ2n) is 2.77. The number of nitro benzene ring substituents is 1. The number of hydrogen-bond donors (Lipinski definition) is 0. The predicted octanol–water partition coefficient (Wildman–Crippen LogP) is 2.67. The zero-order valence-electron chi connectivity index (χ0n) is 8.20. The van der Waals surface area contributed by atoms with Crippen molar-refractivity contribution in [2.24, 2.45) is 0 Å². The van der Waals surface area contributed by atoms with Crippen molar-refractivity contribution in [1.29, 1.82) is 0 Å². The lowest BCUT2D eigenvalue weighted by Gasteiger charge is -2.04. The lowest BCUT2D eigenvalue weighted by Crippen LogP contribution is -2.07. The number of nitrogens with zero attached hydrogens (tertiary/aromatic N) is 1. The maximum atomic E-state index is 13.2. The van der Waals surface area contributed by atoms with E-state index < -0.39 is 22.4 Å². The molecule has 0 unspecified atom stereocenters. The van der Waals surface area contributed by atoms with Gasteiger partial charge in [-0.25, -0.2) is 9.18 Å². The summed E-state index contributed by atoms with van der Waals surface area (Å²) in [6, 6.07) is 1.69. The van der Waals surface area contributed by atoms with Gasteiger partial charge in [0.05, 0.1) is 27.6 Å².